The normalized spacial score (nSPS) is 15.5. The Morgan fingerprint density at radius 3 is 2.46 bits per heavy atom. The van der Waals surface area contributed by atoms with Crippen molar-refractivity contribution in [1.82, 2.24) is 10.6 Å². The number of halogens is 4. The van der Waals surface area contributed by atoms with Crippen molar-refractivity contribution < 1.29 is 18.0 Å². The maximum absolute atomic E-state index is 12.2. The van der Waals surface area contributed by atoms with E-state index in [9.17, 15) is 18.0 Å². The molecule has 26 heavy (non-hydrogen) atoms. The molecule has 146 valence electrons. The summed E-state index contributed by atoms with van der Waals surface area (Å²) < 4.78 is 36.5. The highest BCUT2D eigenvalue weighted by molar-refractivity contribution is 14.0. The van der Waals surface area contributed by atoms with Crippen molar-refractivity contribution >= 4 is 41.5 Å². The Morgan fingerprint density at radius 1 is 1.19 bits per heavy atom. The molecule has 1 aromatic carbocycles. The number of aliphatic imine (C=N–C) groups is 1. The second-order valence-corrected chi connectivity index (χ2v) is 5.89. The van der Waals surface area contributed by atoms with Gasteiger partial charge in [-0.15, -0.1) is 24.0 Å². The smallest absolute Gasteiger partial charge is 0.356 e. The number of amides is 1. The molecule has 1 aromatic rings. The second kappa shape index (κ2) is 10.6. The molecule has 1 fully saturated rings. The summed E-state index contributed by atoms with van der Waals surface area (Å²) in [5.41, 5.74) is 1.83. The third-order valence-corrected chi connectivity index (χ3v) is 3.96. The fourth-order valence-electron chi connectivity index (χ4n) is 2.60. The van der Waals surface area contributed by atoms with E-state index >= 15 is 0 Å². The van der Waals surface area contributed by atoms with Crippen LogP contribution in [-0.2, 0) is 11.3 Å². The molecule has 1 aliphatic rings. The number of carbonyl (C=O) groups excluding carboxylic acids is 1. The lowest BCUT2D eigenvalue weighted by molar-refractivity contribution is -0.132. The molecule has 0 aliphatic carbocycles. The van der Waals surface area contributed by atoms with Gasteiger partial charge in [0.2, 0.25) is 5.91 Å². The molecule has 0 aromatic heterocycles. The zero-order chi connectivity index (χ0) is 18.3. The Labute approximate surface area is 168 Å². The number of hydrogen-bond donors (Lipinski definition) is 2. The van der Waals surface area contributed by atoms with Gasteiger partial charge in [0.1, 0.15) is 0 Å². The van der Waals surface area contributed by atoms with Crippen molar-refractivity contribution in [2.75, 3.05) is 25.0 Å². The molecule has 9 heteroatoms. The number of rotatable bonds is 5. The number of nitrogens with zero attached hydrogens (tertiary/aromatic N) is 2. The third kappa shape index (κ3) is 7.38. The van der Waals surface area contributed by atoms with Crippen LogP contribution >= 0.6 is 24.0 Å². The second-order valence-electron chi connectivity index (χ2n) is 5.89. The molecule has 1 amide bonds. The zero-order valence-electron chi connectivity index (χ0n) is 14.6. The average Bonchev–Trinajstić information content (AvgIpc) is 2.58. The van der Waals surface area contributed by atoms with E-state index in [1.165, 1.54) is 7.05 Å². The molecule has 5 nitrogen and oxygen atoms in total. The van der Waals surface area contributed by atoms with Gasteiger partial charge in [0, 0.05) is 38.8 Å². The molecule has 0 radical (unpaired) electrons. The molecule has 1 saturated heterocycles. The van der Waals surface area contributed by atoms with Crippen molar-refractivity contribution in [1.29, 1.82) is 0 Å². The number of alkyl halides is 3. The number of benzene rings is 1. The van der Waals surface area contributed by atoms with Crippen LogP contribution in [-0.4, -0.2) is 38.2 Å². The zero-order valence-corrected chi connectivity index (χ0v) is 16.9. The number of guanidine groups is 1. The first-order chi connectivity index (χ1) is 11.9. The topological polar surface area (TPSA) is 56.7 Å². The molecule has 2 N–H and O–H groups in total. The van der Waals surface area contributed by atoms with Gasteiger partial charge in [-0.2, -0.15) is 13.2 Å². The van der Waals surface area contributed by atoms with Crippen molar-refractivity contribution in [3.63, 3.8) is 0 Å². The van der Waals surface area contributed by atoms with Crippen molar-refractivity contribution in [2.45, 2.75) is 38.4 Å². The number of hydrogen-bond acceptors (Lipinski definition) is 2. The van der Waals surface area contributed by atoms with Crippen LogP contribution in [0.3, 0.4) is 0 Å². The van der Waals surface area contributed by atoms with Crippen LogP contribution < -0.4 is 15.5 Å². The maximum atomic E-state index is 12.2. The monoisotopic (exact) mass is 484 g/mol. The highest BCUT2D eigenvalue weighted by Crippen LogP contribution is 2.21. The van der Waals surface area contributed by atoms with Crippen LogP contribution in [0.5, 0.6) is 0 Å². The van der Waals surface area contributed by atoms with E-state index in [1.807, 2.05) is 24.3 Å². The van der Waals surface area contributed by atoms with Crippen molar-refractivity contribution in [2.24, 2.45) is 4.99 Å². The molecule has 0 spiro atoms. The number of nitrogens with one attached hydrogen (secondary N) is 2. The summed E-state index contributed by atoms with van der Waals surface area (Å²) in [4.78, 5) is 17.6. The fraction of sp³-hybridized carbons (Fsp3) is 0.529. The molecule has 0 atom stereocenters. The lowest BCUT2D eigenvalue weighted by Crippen LogP contribution is -2.38. The Kier molecular flexibility index (Phi) is 9.17. The lowest BCUT2D eigenvalue weighted by atomic mass is 10.1. The lowest BCUT2D eigenvalue weighted by Gasteiger charge is -2.26. The summed E-state index contributed by atoms with van der Waals surface area (Å²) in [6.07, 6.45) is -2.56. The largest absolute Gasteiger partial charge is 0.390 e. The first-order valence-corrected chi connectivity index (χ1v) is 8.29. The van der Waals surface area contributed by atoms with Crippen molar-refractivity contribution in [3.8, 4) is 0 Å². The van der Waals surface area contributed by atoms with Gasteiger partial charge in [-0.1, -0.05) is 12.1 Å². The van der Waals surface area contributed by atoms with E-state index in [-0.39, 0.29) is 36.4 Å². The first kappa shape index (κ1) is 22.5. The van der Waals surface area contributed by atoms with Gasteiger partial charge in [-0.3, -0.25) is 9.79 Å². The van der Waals surface area contributed by atoms with Crippen LogP contribution in [0.25, 0.3) is 0 Å². The molecular formula is C17H24F3IN4O. The van der Waals surface area contributed by atoms with Crippen LogP contribution in [0.15, 0.2) is 29.3 Å². The molecule has 1 heterocycles. The van der Waals surface area contributed by atoms with Crippen LogP contribution in [0.1, 0.15) is 31.2 Å². The van der Waals surface area contributed by atoms with E-state index in [0.717, 1.165) is 30.6 Å². The average molecular weight is 484 g/mol. The Hall–Kier alpha value is -1.52. The van der Waals surface area contributed by atoms with E-state index < -0.39 is 12.6 Å². The fourth-order valence-corrected chi connectivity index (χ4v) is 2.60. The molecule has 0 bridgehead atoms. The molecular weight excluding hydrogens is 460 g/mol. The molecule has 0 unspecified atom stereocenters. The van der Waals surface area contributed by atoms with E-state index in [0.29, 0.717) is 18.9 Å². The Bertz CT molecular complexity index is 605. The van der Waals surface area contributed by atoms with Crippen LogP contribution in [0.4, 0.5) is 18.9 Å². The van der Waals surface area contributed by atoms with Gasteiger partial charge in [0.25, 0.3) is 0 Å². The van der Waals surface area contributed by atoms with Crippen molar-refractivity contribution in [3.05, 3.63) is 29.8 Å². The number of anilines is 1. The Balaban J connectivity index is 0.00000338. The predicted octanol–water partition coefficient (Wildman–Crippen LogP) is 3.44. The summed E-state index contributed by atoms with van der Waals surface area (Å²) in [7, 11) is 1.51. The third-order valence-electron chi connectivity index (χ3n) is 3.96. The summed E-state index contributed by atoms with van der Waals surface area (Å²) in [6, 6.07) is 7.57. The summed E-state index contributed by atoms with van der Waals surface area (Å²) >= 11 is 0. The van der Waals surface area contributed by atoms with Gasteiger partial charge < -0.3 is 15.5 Å². The molecule has 0 saturated carbocycles. The highest BCUT2D eigenvalue weighted by Gasteiger charge is 2.26. The minimum absolute atomic E-state index is 0. The van der Waals surface area contributed by atoms with Gasteiger partial charge in [0.05, 0.1) is 6.42 Å². The summed E-state index contributed by atoms with van der Waals surface area (Å²) in [6.45, 7) is 0.950. The van der Waals surface area contributed by atoms with Gasteiger partial charge in [0.15, 0.2) is 5.96 Å². The molecule has 2 rings (SSSR count). The van der Waals surface area contributed by atoms with Crippen LogP contribution in [0, 0.1) is 0 Å². The standard InChI is InChI=1S/C17H23F3N4O.HI/c1-21-16(22-10-9-17(18,19)20)23-12-13-5-7-14(8-6-13)24-11-3-2-4-15(24)25;/h5-8H,2-4,9-12H2,1H3,(H2,21,22,23);1H. The summed E-state index contributed by atoms with van der Waals surface area (Å²) in [5, 5.41) is 5.60. The van der Waals surface area contributed by atoms with Crippen LogP contribution in [0.2, 0.25) is 0 Å². The number of piperidine rings is 1. The van der Waals surface area contributed by atoms with E-state index in [1.54, 1.807) is 4.90 Å². The quantitative estimate of drug-likeness (QED) is 0.383. The summed E-state index contributed by atoms with van der Waals surface area (Å²) in [5.74, 6) is 0.464. The maximum Gasteiger partial charge on any atom is 0.390 e. The number of carbonyl (C=O) groups is 1. The predicted molar refractivity (Wildman–Crippen MR) is 107 cm³/mol. The Morgan fingerprint density at radius 2 is 1.88 bits per heavy atom. The highest BCUT2D eigenvalue weighted by atomic mass is 127. The minimum Gasteiger partial charge on any atom is -0.356 e. The minimum atomic E-state index is -4.19. The van der Waals surface area contributed by atoms with E-state index in [4.69, 9.17) is 0 Å². The van der Waals surface area contributed by atoms with E-state index in [2.05, 4.69) is 15.6 Å². The van der Waals surface area contributed by atoms with Gasteiger partial charge in [-0.25, -0.2) is 0 Å². The van der Waals surface area contributed by atoms with Gasteiger partial charge >= 0.3 is 6.18 Å². The SMILES string of the molecule is CN=C(NCCC(F)(F)F)NCc1ccc(N2CCCCC2=O)cc1.I. The molecule has 1 aliphatic heterocycles. The first-order valence-electron chi connectivity index (χ1n) is 8.29. The van der Waals surface area contributed by atoms with Gasteiger partial charge in [-0.05, 0) is 30.5 Å².